The number of aromatic nitrogens is 2. The minimum atomic E-state index is 0.368. The molecule has 0 aromatic carbocycles. The summed E-state index contributed by atoms with van der Waals surface area (Å²) >= 11 is 1.84. The molecule has 0 radical (unpaired) electrons. The van der Waals surface area contributed by atoms with E-state index in [0.717, 1.165) is 25.8 Å². The lowest BCUT2D eigenvalue weighted by atomic mass is 10.0. The van der Waals surface area contributed by atoms with Crippen molar-refractivity contribution in [1.82, 2.24) is 14.9 Å². The van der Waals surface area contributed by atoms with Crippen LogP contribution in [0.4, 0.5) is 0 Å². The van der Waals surface area contributed by atoms with Gasteiger partial charge in [-0.1, -0.05) is 19.1 Å². The van der Waals surface area contributed by atoms with Crippen molar-refractivity contribution in [2.24, 2.45) is 0 Å². The average molecular weight is 299 g/mol. The highest BCUT2D eigenvalue weighted by atomic mass is 32.1. The van der Waals surface area contributed by atoms with Crippen molar-refractivity contribution in [3.63, 3.8) is 0 Å². The van der Waals surface area contributed by atoms with Gasteiger partial charge in [-0.25, -0.2) is 4.52 Å². The predicted molar refractivity (Wildman–Crippen MR) is 88.9 cm³/mol. The molecule has 0 bridgehead atoms. The Morgan fingerprint density at radius 1 is 1.29 bits per heavy atom. The third-order valence-electron chi connectivity index (χ3n) is 3.73. The molecule has 3 aromatic rings. The molecule has 0 aliphatic heterocycles. The van der Waals surface area contributed by atoms with Gasteiger partial charge in [0.05, 0.1) is 11.7 Å². The third kappa shape index (κ3) is 3.34. The minimum Gasteiger partial charge on any atom is -0.310 e. The lowest BCUT2D eigenvalue weighted by molar-refractivity contribution is 0.503. The summed E-state index contributed by atoms with van der Waals surface area (Å²) in [7, 11) is 0. The molecule has 0 spiro atoms. The first kappa shape index (κ1) is 14.3. The number of aryl methyl sites for hydroxylation is 1. The number of nitrogens with zero attached hydrogens (tertiary/aromatic N) is 2. The zero-order valence-corrected chi connectivity index (χ0v) is 13.1. The number of pyridine rings is 1. The van der Waals surface area contributed by atoms with E-state index in [4.69, 9.17) is 0 Å². The van der Waals surface area contributed by atoms with E-state index in [-0.39, 0.29) is 0 Å². The smallest absolute Gasteiger partial charge is 0.0709 e. The summed E-state index contributed by atoms with van der Waals surface area (Å²) in [5.74, 6) is 0. The van der Waals surface area contributed by atoms with Crippen LogP contribution in [0.2, 0.25) is 0 Å². The topological polar surface area (TPSA) is 29.3 Å². The highest BCUT2D eigenvalue weighted by molar-refractivity contribution is 7.09. The fraction of sp³-hybridized carbons (Fsp3) is 0.353. The molecule has 0 amide bonds. The minimum absolute atomic E-state index is 0.368. The standard InChI is InChI=1S/C17H21N3S/c1-2-10-18-16(9-8-14-6-5-12-21-14)15-13-19-20-11-4-3-7-17(15)20/h3-7,11-13,16,18H,2,8-10H2,1H3. The van der Waals surface area contributed by atoms with Gasteiger partial charge in [0.1, 0.15) is 0 Å². The quantitative estimate of drug-likeness (QED) is 0.712. The van der Waals surface area contributed by atoms with Crippen LogP contribution in [0, 0.1) is 0 Å². The summed E-state index contributed by atoms with van der Waals surface area (Å²) in [5.41, 5.74) is 2.51. The van der Waals surface area contributed by atoms with E-state index in [2.05, 4.69) is 47.0 Å². The van der Waals surface area contributed by atoms with Crippen molar-refractivity contribution >= 4 is 16.9 Å². The van der Waals surface area contributed by atoms with Gasteiger partial charge in [-0.2, -0.15) is 5.10 Å². The molecule has 3 aromatic heterocycles. The van der Waals surface area contributed by atoms with Gasteiger partial charge in [-0.05, 0) is 49.4 Å². The molecule has 3 heterocycles. The fourth-order valence-corrected chi connectivity index (χ4v) is 3.38. The van der Waals surface area contributed by atoms with Gasteiger partial charge in [0.2, 0.25) is 0 Å². The van der Waals surface area contributed by atoms with Crippen molar-refractivity contribution < 1.29 is 0 Å². The van der Waals surface area contributed by atoms with Crippen LogP contribution in [-0.2, 0) is 6.42 Å². The van der Waals surface area contributed by atoms with E-state index >= 15 is 0 Å². The van der Waals surface area contributed by atoms with E-state index in [9.17, 15) is 0 Å². The maximum absolute atomic E-state index is 4.47. The van der Waals surface area contributed by atoms with Gasteiger partial charge in [0.15, 0.2) is 0 Å². The summed E-state index contributed by atoms with van der Waals surface area (Å²) < 4.78 is 1.96. The average Bonchev–Trinajstić information content (AvgIpc) is 3.17. The van der Waals surface area contributed by atoms with Crippen LogP contribution in [0.25, 0.3) is 5.52 Å². The predicted octanol–water partition coefficient (Wildman–Crippen LogP) is 4.07. The van der Waals surface area contributed by atoms with Crippen LogP contribution in [0.1, 0.15) is 36.2 Å². The van der Waals surface area contributed by atoms with Gasteiger partial charge in [-0.15, -0.1) is 11.3 Å². The Morgan fingerprint density at radius 2 is 2.24 bits per heavy atom. The van der Waals surface area contributed by atoms with E-state index in [1.54, 1.807) is 0 Å². The van der Waals surface area contributed by atoms with Crippen LogP contribution in [0.5, 0.6) is 0 Å². The van der Waals surface area contributed by atoms with E-state index in [0.29, 0.717) is 6.04 Å². The maximum atomic E-state index is 4.47. The summed E-state index contributed by atoms with van der Waals surface area (Å²) in [5, 5.41) is 10.3. The first-order chi connectivity index (χ1) is 10.4. The molecule has 1 unspecified atom stereocenters. The molecule has 0 aliphatic rings. The van der Waals surface area contributed by atoms with Crippen molar-refractivity contribution in [1.29, 1.82) is 0 Å². The van der Waals surface area contributed by atoms with E-state index < -0.39 is 0 Å². The zero-order chi connectivity index (χ0) is 14.5. The molecule has 0 saturated carbocycles. The molecule has 3 nitrogen and oxygen atoms in total. The third-order valence-corrected chi connectivity index (χ3v) is 4.67. The van der Waals surface area contributed by atoms with Gasteiger partial charge in [0, 0.05) is 22.7 Å². The van der Waals surface area contributed by atoms with Crippen LogP contribution < -0.4 is 5.32 Å². The van der Waals surface area contributed by atoms with Crippen molar-refractivity contribution in [2.75, 3.05) is 6.54 Å². The second kappa shape index (κ2) is 6.87. The molecule has 0 fully saturated rings. The molecule has 1 atom stereocenters. The lowest BCUT2D eigenvalue weighted by Crippen LogP contribution is -2.22. The van der Waals surface area contributed by atoms with Gasteiger partial charge in [0.25, 0.3) is 0 Å². The van der Waals surface area contributed by atoms with Crippen LogP contribution in [0.3, 0.4) is 0 Å². The Hall–Kier alpha value is -1.65. The molecular formula is C17H21N3S. The summed E-state index contributed by atoms with van der Waals surface area (Å²) in [6, 6.07) is 11.0. The largest absolute Gasteiger partial charge is 0.310 e. The zero-order valence-electron chi connectivity index (χ0n) is 12.3. The number of rotatable bonds is 7. The summed E-state index contributed by atoms with van der Waals surface area (Å²) in [6.07, 6.45) is 7.39. The first-order valence-electron chi connectivity index (χ1n) is 7.56. The second-order valence-electron chi connectivity index (χ2n) is 5.26. The molecule has 0 aliphatic carbocycles. The SMILES string of the molecule is CCCNC(CCc1cccs1)c1cnn2ccccc12. The number of fused-ring (bicyclic) bond motifs is 1. The molecule has 21 heavy (non-hydrogen) atoms. The Balaban J connectivity index is 1.80. The Labute approximate surface area is 129 Å². The number of hydrogen-bond acceptors (Lipinski definition) is 3. The first-order valence-corrected chi connectivity index (χ1v) is 8.44. The highest BCUT2D eigenvalue weighted by Crippen LogP contribution is 2.24. The molecule has 1 N–H and O–H groups in total. The molecule has 110 valence electrons. The van der Waals surface area contributed by atoms with E-state index in [1.807, 2.05) is 34.3 Å². The number of nitrogens with one attached hydrogen (secondary N) is 1. The number of thiophene rings is 1. The van der Waals surface area contributed by atoms with Gasteiger partial charge >= 0.3 is 0 Å². The van der Waals surface area contributed by atoms with Crippen LogP contribution in [0.15, 0.2) is 48.1 Å². The van der Waals surface area contributed by atoms with Crippen molar-refractivity contribution in [3.8, 4) is 0 Å². The second-order valence-corrected chi connectivity index (χ2v) is 6.29. The van der Waals surface area contributed by atoms with Crippen molar-refractivity contribution in [3.05, 3.63) is 58.5 Å². The van der Waals surface area contributed by atoms with E-state index in [1.165, 1.54) is 16.0 Å². The Morgan fingerprint density at radius 3 is 3.05 bits per heavy atom. The summed E-state index contributed by atoms with van der Waals surface area (Å²) in [6.45, 7) is 3.25. The fourth-order valence-electron chi connectivity index (χ4n) is 2.65. The van der Waals surface area contributed by atoms with Crippen LogP contribution >= 0.6 is 11.3 Å². The molecule has 3 rings (SSSR count). The monoisotopic (exact) mass is 299 g/mol. The number of hydrogen-bond donors (Lipinski definition) is 1. The van der Waals surface area contributed by atoms with Crippen molar-refractivity contribution in [2.45, 2.75) is 32.2 Å². The maximum Gasteiger partial charge on any atom is 0.0709 e. The Kier molecular flexibility index (Phi) is 4.68. The van der Waals surface area contributed by atoms with Gasteiger partial charge < -0.3 is 5.32 Å². The molecule has 0 saturated heterocycles. The Bertz CT molecular complexity index is 672. The lowest BCUT2D eigenvalue weighted by Gasteiger charge is -2.17. The summed E-state index contributed by atoms with van der Waals surface area (Å²) in [4.78, 5) is 1.45. The molecular weight excluding hydrogens is 278 g/mol. The van der Waals surface area contributed by atoms with Gasteiger partial charge in [-0.3, -0.25) is 0 Å². The van der Waals surface area contributed by atoms with Crippen LogP contribution in [-0.4, -0.2) is 16.2 Å². The normalized spacial score (nSPS) is 12.8. The molecule has 4 heteroatoms. The highest BCUT2D eigenvalue weighted by Gasteiger charge is 2.15.